The zero-order valence-corrected chi connectivity index (χ0v) is 19.9. The highest BCUT2D eigenvalue weighted by atomic mass is 32.1. The van der Waals surface area contributed by atoms with Gasteiger partial charge in [-0.3, -0.25) is 9.59 Å². The van der Waals surface area contributed by atoms with Crippen molar-refractivity contribution in [1.82, 2.24) is 4.98 Å². The number of rotatable bonds is 5. The standard InChI is InChI=1S/C26H30N2O4S/c1-14-13-27-25(33-14)28-22(30)8-5-16-12-21(29)26(2)10-9-19-18-6-4-17(24(31)32)11-15(18)3-7-20(19)23(16)26/h4,6,11,13,16,19-20,23H,3,5,7-10,12H2,1-2H3,(H,31,32)(H,27,28,30)/t16?,19-,20?,23+,26-/m1/s1. The van der Waals surface area contributed by atoms with Gasteiger partial charge in [-0.1, -0.05) is 13.0 Å². The third kappa shape index (κ3) is 3.90. The van der Waals surface area contributed by atoms with Crippen LogP contribution in [0.3, 0.4) is 0 Å². The summed E-state index contributed by atoms with van der Waals surface area (Å²) in [5, 5.41) is 12.9. The number of benzene rings is 1. The molecule has 2 aromatic rings. The number of nitrogens with zero attached hydrogens (tertiary/aromatic N) is 1. The van der Waals surface area contributed by atoms with Gasteiger partial charge in [0, 0.05) is 29.3 Å². The molecular weight excluding hydrogens is 436 g/mol. The number of aromatic nitrogens is 1. The SMILES string of the molecule is Cc1cnc(NC(=O)CCC2CC(=O)[C@@]3(C)CC[C@@H]4c5ccc(C(=O)O)cc5CCC4[C@H]23)s1. The fourth-order valence-electron chi connectivity index (χ4n) is 6.95. The molecule has 5 rings (SSSR count). The lowest BCUT2D eigenvalue weighted by Crippen LogP contribution is -2.44. The van der Waals surface area contributed by atoms with Gasteiger partial charge in [0.25, 0.3) is 0 Å². The first-order valence-electron chi connectivity index (χ1n) is 11.9. The molecule has 6 nitrogen and oxygen atoms in total. The number of amides is 1. The smallest absolute Gasteiger partial charge is 0.335 e. The Morgan fingerprint density at radius 2 is 2.12 bits per heavy atom. The predicted molar refractivity (Wildman–Crippen MR) is 127 cm³/mol. The monoisotopic (exact) mass is 466 g/mol. The van der Waals surface area contributed by atoms with Gasteiger partial charge in [-0.2, -0.15) is 0 Å². The van der Waals surface area contributed by atoms with Crippen molar-refractivity contribution in [1.29, 1.82) is 0 Å². The molecule has 3 aliphatic carbocycles. The largest absolute Gasteiger partial charge is 0.478 e. The predicted octanol–water partition coefficient (Wildman–Crippen LogP) is 5.22. The van der Waals surface area contributed by atoms with Crippen LogP contribution in [0.25, 0.3) is 0 Å². The number of carboxylic acid groups (broad SMARTS) is 1. The summed E-state index contributed by atoms with van der Waals surface area (Å²) in [5.74, 6) is 0.726. The third-order valence-corrected chi connectivity index (χ3v) is 9.26. The molecule has 2 saturated carbocycles. The van der Waals surface area contributed by atoms with E-state index in [9.17, 15) is 19.5 Å². The number of aryl methyl sites for hydroxylation is 2. The maximum absolute atomic E-state index is 13.1. The number of aromatic carboxylic acids is 1. The van der Waals surface area contributed by atoms with E-state index in [4.69, 9.17) is 0 Å². The van der Waals surface area contributed by atoms with Crippen molar-refractivity contribution in [2.75, 3.05) is 5.32 Å². The van der Waals surface area contributed by atoms with Crippen LogP contribution in [0.1, 0.15) is 77.7 Å². The van der Waals surface area contributed by atoms with Crippen LogP contribution >= 0.6 is 11.3 Å². The maximum Gasteiger partial charge on any atom is 0.335 e. The van der Waals surface area contributed by atoms with Crippen LogP contribution in [0.4, 0.5) is 5.13 Å². The zero-order valence-electron chi connectivity index (χ0n) is 19.1. The molecule has 7 heteroatoms. The molecule has 1 aromatic heterocycles. The van der Waals surface area contributed by atoms with Crippen LogP contribution in [0, 0.1) is 30.1 Å². The quantitative estimate of drug-likeness (QED) is 0.630. The summed E-state index contributed by atoms with van der Waals surface area (Å²) in [4.78, 5) is 42.4. The van der Waals surface area contributed by atoms with E-state index in [0.29, 0.717) is 41.2 Å². The fraction of sp³-hybridized carbons (Fsp3) is 0.538. The summed E-state index contributed by atoms with van der Waals surface area (Å²) >= 11 is 1.47. The number of thiazole rings is 1. The van der Waals surface area contributed by atoms with Gasteiger partial charge in [0.05, 0.1) is 5.56 Å². The molecule has 0 bridgehead atoms. The molecule has 0 saturated heterocycles. The van der Waals surface area contributed by atoms with Crippen molar-refractivity contribution in [3.8, 4) is 0 Å². The zero-order chi connectivity index (χ0) is 23.3. The Labute approximate surface area is 197 Å². The minimum atomic E-state index is -0.885. The Morgan fingerprint density at radius 1 is 1.30 bits per heavy atom. The summed E-state index contributed by atoms with van der Waals surface area (Å²) in [7, 11) is 0. The molecule has 1 amide bonds. The fourth-order valence-corrected chi connectivity index (χ4v) is 7.63. The highest BCUT2D eigenvalue weighted by Crippen LogP contribution is 2.62. The molecular formula is C26H30N2O4S. The summed E-state index contributed by atoms with van der Waals surface area (Å²) in [5.41, 5.74) is 2.47. The molecule has 0 aliphatic heterocycles. The molecule has 0 spiro atoms. The Bertz CT molecular complexity index is 1130. The van der Waals surface area contributed by atoms with Gasteiger partial charge >= 0.3 is 5.97 Å². The van der Waals surface area contributed by atoms with Gasteiger partial charge in [-0.25, -0.2) is 9.78 Å². The first-order chi connectivity index (χ1) is 15.8. The van der Waals surface area contributed by atoms with E-state index < -0.39 is 5.97 Å². The van der Waals surface area contributed by atoms with E-state index in [1.165, 1.54) is 16.9 Å². The highest BCUT2D eigenvalue weighted by Gasteiger charge is 2.58. The van der Waals surface area contributed by atoms with E-state index in [2.05, 4.69) is 17.2 Å². The Balaban J connectivity index is 1.34. The average Bonchev–Trinajstić information content (AvgIpc) is 3.31. The molecule has 33 heavy (non-hydrogen) atoms. The van der Waals surface area contributed by atoms with E-state index in [1.807, 2.05) is 19.1 Å². The Morgan fingerprint density at radius 3 is 2.85 bits per heavy atom. The van der Waals surface area contributed by atoms with Crippen LogP contribution in [-0.4, -0.2) is 27.8 Å². The minimum Gasteiger partial charge on any atom is -0.478 e. The number of carboxylic acids is 1. The number of ketones is 1. The molecule has 174 valence electrons. The second-order valence-corrected chi connectivity index (χ2v) is 11.5. The van der Waals surface area contributed by atoms with Crippen molar-refractivity contribution in [2.24, 2.45) is 23.2 Å². The summed E-state index contributed by atoms with van der Waals surface area (Å²) in [6.07, 6.45) is 7.13. The summed E-state index contributed by atoms with van der Waals surface area (Å²) in [6, 6.07) is 5.57. The molecule has 0 radical (unpaired) electrons. The van der Waals surface area contributed by atoms with Gasteiger partial charge in [0.15, 0.2) is 5.13 Å². The average molecular weight is 467 g/mol. The Hall–Kier alpha value is -2.54. The van der Waals surface area contributed by atoms with Crippen molar-refractivity contribution < 1.29 is 19.5 Å². The molecule has 3 aliphatic rings. The second kappa shape index (κ2) is 8.35. The van der Waals surface area contributed by atoms with Gasteiger partial charge < -0.3 is 10.4 Å². The normalized spacial score (nSPS) is 30.3. The minimum absolute atomic E-state index is 0.0343. The van der Waals surface area contributed by atoms with Gasteiger partial charge in [-0.15, -0.1) is 11.3 Å². The first-order valence-corrected chi connectivity index (χ1v) is 12.7. The van der Waals surface area contributed by atoms with Crippen LogP contribution in [0.2, 0.25) is 0 Å². The Kier molecular flexibility index (Phi) is 5.63. The lowest BCUT2D eigenvalue weighted by molar-refractivity contribution is -0.129. The van der Waals surface area contributed by atoms with Crippen molar-refractivity contribution >= 4 is 34.1 Å². The first kappa shape index (κ1) is 22.3. The third-order valence-electron chi connectivity index (χ3n) is 8.43. The van der Waals surface area contributed by atoms with Gasteiger partial charge in [0.1, 0.15) is 5.78 Å². The maximum atomic E-state index is 13.1. The molecule has 5 atom stereocenters. The number of Topliss-reactive ketones (excluding diaryl/α,β-unsaturated/α-hetero) is 1. The van der Waals surface area contributed by atoms with Gasteiger partial charge in [-0.05, 0) is 86.0 Å². The van der Waals surface area contributed by atoms with E-state index in [-0.39, 0.29) is 23.2 Å². The number of fused-ring (bicyclic) bond motifs is 5. The number of carbonyl (C=O) groups is 3. The molecule has 2 N–H and O–H groups in total. The van der Waals surface area contributed by atoms with Crippen molar-refractivity contribution in [3.05, 3.63) is 46.0 Å². The number of hydrogen-bond acceptors (Lipinski definition) is 5. The summed E-state index contributed by atoms with van der Waals surface area (Å²) in [6.45, 7) is 4.11. The van der Waals surface area contributed by atoms with E-state index in [0.717, 1.165) is 42.5 Å². The second-order valence-electron chi connectivity index (χ2n) is 10.3. The van der Waals surface area contributed by atoms with Crippen molar-refractivity contribution in [3.63, 3.8) is 0 Å². The van der Waals surface area contributed by atoms with Crippen LogP contribution in [0.15, 0.2) is 24.4 Å². The molecule has 1 heterocycles. The van der Waals surface area contributed by atoms with Crippen molar-refractivity contribution in [2.45, 2.75) is 64.7 Å². The number of nitrogens with one attached hydrogen (secondary N) is 1. The number of carbonyl (C=O) groups excluding carboxylic acids is 2. The highest BCUT2D eigenvalue weighted by molar-refractivity contribution is 7.15. The molecule has 1 aromatic carbocycles. The van der Waals surface area contributed by atoms with E-state index >= 15 is 0 Å². The van der Waals surface area contributed by atoms with E-state index in [1.54, 1.807) is 12.3 Å². The van der Waals surface area contributed by atoms with Crippen LogP contribution in [0.5, 0.6) is 0 Å². The lowest BCUT2D eigenvalue weighted by atomic mass is 9.54. The molecule has 2 fully saturated rings. The van der Waals surface area contributed by atoms with Gasteiger partial charge in [0.2, 0.25) is 5.91 Å². The topological polar surface area (TPSA) is 96.4 Å². The van der Waals surface area contributed by atoms with Crippen LogP contribution < -0.4 is 5.32 Å². The summed E-state index contributed by atoms with van der Waals surface area (Å²) < 4.78 is 0. The lowest BCUT2D eigenvalue weighted by Gasteiger charge is -2.50. The van der Waals surface area contributed by atoms with Crippen LogP contribution in [-0.2, 0) is 16.0 Å². The number of anilines is 1. The molecule has 2 unspecified atom stereocenters. The number of hydrogen-bond donors (Lipinski definition) is 2.